The van der Waals surface area contributed by atoms with E-state index in [0.717, 1.165) is 32.2 Å². The molecule has 0 aliphatic carbocycles. The van der Waals surface area contributed by atoms with Crippen LogP contribution in [0.25, 0.3) is 10.9 Å². The minimum atomic E-state index is -0.104. The number of hydrogen-bond acceptors (Lipinski definition) is 1. The third kappa shape index (κ3) is 2.59. The third-order valence-corrected chi connectivity index (χ3v) is 4.14. The minimum Gasteiger partial charge on any atom is -0.361 e. The summed E-state index contributed by atoms with van der Waals surface area (Å²) in [4.78, 5) is 15.7. The van der Waals surface area contributed by atoms with E-state index >= 15 is 0 Å². The van der Waals surface area contributed by atoms with Gasteiger partial charge in [0, 0.05) is 27.1 Å². The number of nitrogens with one attached hydrogen (secondary N) is 2. The van der Waals surface area contributed by atoms with Crippen LogP contribution in [0.15, 0.2) is 47.1 Å². The molecule has 0 aliphatic rings. The fraction of sp³-hybridized carbons (Fsp3) is 0.118. The van der Waals surface area contributed by atoms with E-state index in [1.54, 1.807) is 0 Å². The van der Waals surface area contributed by atoms with Crippen LogP contribution in [-0.4, -0.2) is 10.9 Å². The Bertz CT molecular complexity index is 813. The molecule has 2 aromatic carbocycles. The van der Waals surface area contributed by atoms with Crippen LogP contribution in [0.2, 0.25) is 0 Å². The van der Waals surface area contributed by atoms with Gasteiger partial charge in [0.25, 0.3) is 5.91 Å². The maximum Gasteiger partial charge on any atom is 0.256 e. The topological polar surface area (TPSA) is 44.9 Å². The number of aromatic amines is 1. The summed E-state index contributed by atoms with van der Waals surface area (Å²) in [7, 11) is 0. The molecule has 3 nitrogen and oxygen atoms in total. The number of anilines is 1. The van der Waals surface area contributed by atoms with E-state index in [4.69, 9.17) is 0 Å². The predicted octanol–water partition coefficient (Wildman–Crippen LogP) is 4.80. The minimum absolute atomic E-state index is 0.104. The number of amides is 1. The van der Waals surface area contributed by atoms with Gasteiger partial charge in [-0.05, 0) is 65.2 Å². The predicted molar refractivity (Wildman–Crippen MR) is 89.9 cm³/mol. The maximum atomic E-state index is 12.6. The molecule has 4 heteroatoms. The Morgan fingerprint density at radius 3 is 2.76 bits per heavy atom. The van der Waals surface area contributed by atoms with Gasteiger partial charge in [0.2, 0.25) is 0 Å². The van der Waals surface area contributed by atoms with Crippen LogP contribution in [0.5, 0.6) is 0 Å². The van der Waals surface area contributed by atoms with E-state index in [0.29, 0.717) is 5.56 Å². The van der Waals surface area contributed by atoms with Crippen molar-refractivity contribution in [2.24, 2.45) is 0 Å². The monoisotopic (exact) mass is 342 g/mol. The lowest BCUT2D eigenvalue weighted by atomic mass is 10.1. The highest BCUT2D eigenvalue weighted by atomic mass is 79.9. The molecule has 0 atom stereocenters. The molecule has 3 rings (SSSR count). The quantitative estimate of drug-likeness (QED) is 0.690. The summed E-state index contributed by atoms with van der Waals surface area (Å²) < 4.78 is 0.898. The Morgan fingerprint density at radius 1 is 1.19 bits per heavy atom. The zero-order valence-electron chi connectivity index (χ0n) is 11.8. The van der Waals surface area contributed by atoms with Crippen molar-refractivity contribution in [3.05, 3.63) is 63.8 Å². The first-order valence-corrected chi connectivity index (χ1v) is 7.50. The molecule has 0 radical (unpaired) electrons. The van der Waals surface area contributed by atoms with E-state index in [1.807, 2.05) is 50.4 Å². The first-order valence-electron chi connectivity index (χ1n) is 6.70. The third-order valence-electron chi connectivity index (χ3n) is 3.51. The number of fused-ring (bicyclic) bond motifs is 1. The number of rotatable bonds is 2. The van der Waals surface area contributed by atoms with Gasteiger partial charge in [0.1, 0.15) is 0 Å². The van der Waals surface area contributed by atoms with Crippen molar-refractivity contribution in [1.82, 2.24) is 4.98 Å². The highest BCUT2D eigenvalue weighted by molar-refractivity contribution is 9.10. The Balaban J connectivity index is 1.99. The van der Waals surface area contributed by atoms with Crippen LogP contribution < -0.4 is 5.32 Å². The number of carbonyl (C=O) groups excluding carboxylic acids is 1. The lowest BCUT2D eigenvalue weighted by Crippen LogP contribution is -2.13. The molecule has 0 unspecified atom stereocenters. The standard InChI is InChI=1S/C17H15BrN2O/c1-10-8-11(2)16(14(18)9-10)20-17(21)13-4-3-5-15-12(13)6-7-19-15/h3-9,19H,1-2H3,(H,20,21). The molecule has 0 spiro atoms. The Labute approximate surface area is 131 Å². The number of hydrogen-bond donors (Lipinski definition) is 2. The van der Waals surface area contributed by atoms with Crippen molar-refractivity contribution >= 4 is 38.4 Å². The Hall–Kier alpha value is -2.07. The summed E-state index contributed by atoms with van der Waals surface area (Å²) in [5.41, 5.74) is 4.64. The second kappa shape index (κ2) is 5.37. The van der Waals surface area contributed by atoms with Crippen LogP contribution in [-0.2, 0) is 0 Å². The van der Waals surface area contributed by atoms with Crippen LogP contribution in [0, 0.1) is 13.8 Å². The van der Waals surface area contributed by atoms with E-state index in [1.165, 1.54) is 0 Å². The summed E-state index contributed by atoms with van der Waals surface area (Å²) in [6, 6.07) is 11.6. The number of carbonyl (C=O) groups is 1. The maximum absolute atomic E-state index is 12.6. The van der Waals surface area contributed by atoms with Crippen molar-refractivity contribution < 1.29 is 4.79 Å². The summed E-state index contributed by atoms with van der Waals surface area (Å²) in [6.45, 7) is 4.02. The number of benzene rings is 2. The molecule has 0 bridgehead atoms. The van der Waals surface area contributed by atoms with Crippen LogP contribution >= 0.6 is 15.9 Å². The number of halogens is 1. The van der Waals surface area contributed by atoms with Crippen LogP contribution in [0.3, 0.4) is 0 Å². The largest absolute Gasteiger partial charge is 0.361 e. The molecule has 21 heavy (non-hydrogen) atoms. The molecule has 1 amide bonds. The van der Waals surface area contributed by atoms with Crippen molar-refractivity contribution in [1.29, 1.82) is 0 Å². The second-order valence-electron chi connectivity index (χ2n) is 5.14. The molecule has 0 saturated heterocycles. The van der Waals surface area contributed by atoms with E-state index in [-0.39, 0.29) is 5.91 Å². The van der Waals surface area contributed by atoms with E-state index in [9.17, 15) is 4.79 Å². The Kier molecular flexibility index (Phi) is 3.55. The molecule has 0 fully saturated rings. The smallest absolute Gasteiger partial charge is 0.256 e. The zero-order valence-corrected chi connectivity index (χ0v) is 13.4. The average Bonchev–Trinajstić information content (AvgIpc) is 2.90. The first kappa shape index (κ1) is 13.9. The zero-order chi connectivity index (χ0) is 15.0. The lowest BCUT2D eigenvalue weighted by Gasteiger charge is -2.12. The molecule has 0 aliphatic heterocycles. The van der Waals surface area contributed by atoms with Crippen molar-refractivity contribution in [2.45, 2.75) is 13.8 Å². The van der Waals surface area contributed by atoms with Gasteiger partial charge >= 0.3 is 0 Å². The van der Waals surface area contributed by atoms with Crippen LogP contribution in [0.1, 0.15) is 21.5 Å². The van der Waals surface area contributed by atoms with Crippen molar-refractivity contribution in [3.8, 4) is 0 Å². The van der Waals surface area contributed by atoms with Gasteiger partial charge in [-0.1, -0.05) is 12.1 Å². The molecule has 1 heterocycles. The highest BCUT2D eigenvalue weighted by Gasteiger charge is 2.13. The normalized spacial score (nSPS) is 10.8. The number of aryl methyl sites for hydroxylation is 2. The van der Waals surface area contributed by atoms with Gasteiger partial charge in [-0.3, -0.25) is 4.79 Å². The van der Waals surface area contributed by atoms with Crippen molar-refractivity contribution in [2.75, 3.05) is 5.32 Å². The molecule has 3 aromatic rings. The molecule has 2 N–H and O–H groups in total. The van der Waals surface area contributed by atoms with Gasteiger partial charge in [0.15, 0.2) is 0 Å². The van der Waals surface area contributed by atoms with E-state index in [2.05, 4.69) is 32.3 Å². The second-order valence-corrected chi connectivity index (χ2v) is 5.99. The Morgan fingerprint density at radius 2 is 2.00 bits per heavy atom. The highest BCUT2D eigenvalue weighted by Crippen LogP contribution is 2.29. The van der Waals surface area contributed by atoms with Gasteiger partial charge in [-0.15, -0.1) is 0 Å². The van der Waals surface area contributed by atoms with Crippen LogP contribution in [0.4, 0.5) is 5.69 Å². The molecular formula is C17H15BrN2O. The fourth-order valence-electron chi connectivity index (χ4n) is 2.54. The SMILES string of the molecule is Cc1cc(C)c(NC(=O)c2cccc3[nH]ccc23)c(Br)c1. The summed E-state index contributed by atoms with van der Waals surface area (Å²) in [5, 5.41) is 3.93. The molecule has 1 aromatic heterocycles. The fourth-order valence-corrected chi connectivity index (χ4v) is 3.31. The van der Waals surface area contributed by atoms with Gasteiger partial charge in [-0.25, -0.2) is 0 Å². The summed E-state index contributed by atoms with van der Waals surface area (Å²) >= 11 is 3.52. The lowest BCUT2D eigenvalue weighted by molar-refractivity contribution is 0.102. The van der Waals surface area contributed by atoms with Gasteiger partial charge in [-0.2, -0.15) is 0 Å². The molecular weight excluding hydrogens is 328 g/mol. The van der Waals surface area contributed by atoms with Gasteiger partial charge < -0.3 is 10.3 Å². The molecule has 106 valence electrons. The number of aromatic nitrogens is 1. The van der Waals surface area contributed by atoms with E-state index < -0.39 is 0 Å². The van der Waals surface area contributed by atoms with Gasteiger partial charge in [0.05, 0.1) is 5.69 Å². The van der Waals surface area contributed by atoms with Crippen molar-refractivity contribution in [3.63, 3.8) is 0 Å². The summed E-state index contributed by atoms with van der Waals surface area (Å²) in [5.74, 6) is -0.104. The summed E-state index contributed by atoms with van der Waals surface area (Å²) in [6.07, 6.45) is 1.84. The molecule has 0 saturated carbocycles. The first-order chi connectivity index (χ1) is 10.1. The number of H-pyrrole nitrogens is 1. The average molecular weight is 343 g/mol.